The van der Waals surface area contributed by atoms with Gasteiger partial charge in [0.1, 0.15) is 17.8 Å². The molecule has 0 bridgehead atoms. The van der Waals surface area contributed by atoms with Gasteiger partial charge in [-0.05, 0) is 18.2 Å². The lowest BCUT2D eigenvalue weighted by Crippen LogP contribution is -2.50. The van der Waals surface area contributed by atoms with Crippen molar-refractivity contribution >= 4 is 29.0 Å². The van der Waals surface area contributed by atoms with Gasteiger partial charge in [-0.25, -0.2) is 4.98 Å². The third-order valence-electron chi connectivity index (χ3n) is 4.09. The molecule has 3 rings (SSSR count). The molecule has 0 unspecified atom stereocenters. The van der Waals surface area contributed by atoms with Gasteiger partial charge in [-0.15, -0.1) is 0 Å². The van der Waals surface area contributed by atoms with Gasteiger partial charge in [0.2, 0.25) is 0 Å². The SMILES string of the molecule is O=C(COc1ccccc1Cl)N1CCN(c2ccc([N+](=O)[O-])cn2)CC1. The first-order valence-corrected chi connectivity index (χ1v) is 8.43. The molecule has 2 aromatic rings. The van der Waals surface area contributed by atoms with Crippen LogP contribution in [0.15, 0.2) is 42.6 Å². The van der Waals surface area contributed by atoms with Crippen molar-refractivity contribution < 1.29 is 14.5 Å². The molecule has 26 heavy (non-hydrogen) atoms. The number of aromatic nitrogens is 1. The van der Waals surface area contributed by atoms with E-state index in [2.05, 4.69) is 4.98 Å². The molecule has 0 N–H and O–H groups in total. The van der Waals surface area contributed by atoms with E-state index in [-0.39, 0.29) is 18.2 Å². The number of benzene rings is 1. The molecular formula is C17H17ClN4O4. The quantitative estimate of drug-likeness (QED) is 0.588. The Kier molecular flexibility index (Phi) is 5.52. The van der Waals surface area contributed by atoms with Crippen LogP contribution in [0.3, 0.4) is 0 Å². The number of carbonyl (C=O) groups excluding carboxylic acids is 1. The molecule has 0 spiro atoms. The molecule has 1 fully saturated rings. The van der Waals surface area contributed by atoms with E-state index in [4.69, 9.17) is 16.3 Å². The number of hydrogen-bond acceptors (Lipinski definition) is 6. The normalized spacial score (nSPS) is 14.2. The summed E-state index contributed by atoms with van der Waals surface area (Å²) in [5, 5.41) is 11.1. The van der Waals surface area contributed by atoms with Gasteiger partial charge in [0, 0.05) is 32.2 Å². The Labute approximate surface area is 155 Å². The van der Waals surface area contributed by atoms with Crippen LogP contribution in [-0.4, -0.2) is 53.5 Å². The highest BCUT2D eigenvalue weighted by Crippen LogP contribution is 2.23. The van der Waals surface area contributed by atoms with E-state index in [0.29, 0.717) is 42.8 Å². The Morgan fingerprint density at radius 3 is 2.54 bits per heavy atom. The van der Waals surface area contributed by atoms with Crippen molar-refractivity contribution in [1.82, 2.24) is 9.88 Å². The molecule has 9 heteroatoms. The maximum atomic E-state index is 12.3. The Hall–Kier alpha value is -2.87. The summed E-state index contributed by atoms with van der Waals surface area (Å²) in [5.41, 5.74) is -0.0423. The predicted molar refractivity (Wildman–Crippen MR) is 96.6 cm³/mol. The molecular weight excluding hydrogens is 360 g/mol. The maximum Gasteiger partial charge on any atom is 0.287 e. The summed E-state index contributed by atoms with van der Waals surface area (Å²) in [4.78, 5) is 30.3. The van der Waals surface area contributed by atoms with Gasteiger partial charge in [0.15, 0.2) is 6.61 Å². The van der Waals surface area contributed by atoms with Crippen LogP contribution < -0.4 is 9.64 Å². The van der Waals surface area contributed by atoms with Crippen LogP contribution >= 0.6 is 11.6 Å². The average Bonchev–Trinajstić information content (AvgIpc) is 2.67. The number of pyridine rings is 1. The number of halogens is 1. The van der Waals surface area contributed by atoms with Crippen LogP contribution in [0.2, 0.25) is 5.02 Å². The topological polar surface area (TPSA) is 88.8 Å². The summed E-state index contributed by atoms with van der Waals surface area (Å²) >= 11 is 6.01. The average molecular weight is 377 g/mol. The molecule has 1 aliphatic rings. The number of rotatable bonds is 5. The number of para-hydroxylation sites is 1. The number of amides is 1. The molecule has 136 valence electrons. The van der Waals surface area contributed by atoms with E-state index < -0.39 is 4.92 Å². The Balaban J connectivity index is 1.50. The van der Waals surface area contributed by atoms with Crippen molar-refractivity contribution in [2.45, 2.75) is 0 Å². The Morgan fingerprint density at radius 1 is 1.19 bits per heavy atom. The molecule has 0 atom stereocenters. The molecule has 1 saturated heterocycles. The van der Waals surface area contributed by atoms with Crippen LogP contribution in [0, 0.1) is 10.1 Å². The van der Waals surface area contributed by atoms with E-state index in [1.165, 1.54) is 12.3 Å². The lowest BCUT2D eigenvalue weighted by atomic mass is 10.3. The van der Waals surface area contributed by atoms with Crippen molar-refractivity contribution in [2.24, 2.45) is 0 Å². The van der Waals surface area contributed by atoms with Gasteiger partial charge < -0.3 is 14.5 Å². The zero-order chi connectivity index (χ0) is 18.5. The van der Waals surface area contributed by atoms with Crippen LogP contribution in [0.1, 0.15) is 0 Å². The summed E-state index contributed by atoms with van der Waals surface area (Å²) in [6, 6.07) is 10.1. The van der Waals surface area contributed by atoms with Gasteiger partial charge in [-0.3, -0.25) is 14.9 Å². The first-order chi connectivity index (χ1) is 12.5. The zero-order valence-electron chi connectivity index (χ0n) is 13.9. The van der Waals surface area contributed by atoms with E-state index in [0.717, 1.165) is 0 Å². The standard InChI is InChI=1S/C17H17ClN4O4/c18-14-3-1-2-4-15(14)26-12-17(23)21-9-7-20(8-10-21)16-6-5-13(11-19-16)22(24)25/h1-6,11H,7-10,12H2. The van der Waals surface area contributed by atoms with E-state index in [1.54, 1.807) is 35.2 Å². The summed E-state index contributed by atoms with van der Waals surface area (Å²) < 4.78 is 5.49. The zero-order valence-corrected chi connectivity index (χ0v) is 14.6. The van der Waals surface area contributed by atoms with E-state index in [9.17, 15) is 14.9 Å². The van der Waals surface area contributed by atoms with Crippen molar-refractivity contribution in [2.75, 3.05) is 37.7 Å². The van der Waals surface area contributed by atoms with Crippen molar-refractivity contribution in [3.8, 4) is 5.75 Å². The molecule has 8 nitrogen and oxygen atoms in total. The number of carbonyl (C=O) groups is 1. The Bertz CT molecular complexity index is 792. The van der Waals surface area contributed by atoms with Crippen molar-refractivity contribution in [3.63, 3.8) is 0 Å². The first-order valence-electron chi connectivity index (χ1n) is 8.05. The Morgan fingerprint density at radius 2 is 1.92 bits per heavy atom. The van der Waals surface area contributed by atoms with Crippen LogP contribution in [0.25, 0.3) is 0 Å². The van der Waals surface area contributed by atoms with Crippen molar-refractivity contribution in [1.29, 1.82) is 0 Å². The highest BCUT2D eigenvalue weighted by molar-refractivity contribution is 6.32. The third-order valence-corrected chi connectivity index (χ3v) is 4.40. The monoisotopic (exact) mass is 376 g/mol. The molecule has 1 aliphatic heterocycles. The van der Waals surface area contributed by atoms with Gasteiger partial charge >= 0.3 is 0 Å². The minimum absolute atomic E-state index is 0.0423. The number of anilines is 1. The van der Waals surface area contributed by atoms with E-state index in [1.807, 2.05) is 4.90 Å². The molecule has 1 amide bonds. The smallest absolute Gasteiger partial charge is 0.287 e. The minimum atomic E-state index is -0.480. The minimum Gasteiger partial charge on any atom is -0.482 e. The number of nitrogens with zero attached hydrogens (tertiary/aromatic N) is 4. The number of piperazine rings is 1. The van der Waals surface area contributed by atoms with E-state index >= 15 is 0 Å². The number of ether oxygens (including phenoxy) is 1. The highest BCUT2D eigenvalue weighted by Gasteiger charge is 2.22. The fraction of sp³-hybridized carbons (Fsp3) is 0.294. The predicted octanol–water partition coefficient (Wildman–Crippen LogP) is 2.37. The van der Waals surface area contributed by atoms with Gasteiger partial charge in [-0.1, -0.05) is 23.7 Å². The molecule has 2 heterocycles. The lowest BCUT2D eigenvalue weighted by molar-refractivity contribution is -0.385. The van der Waals surface area contributed by atoms with Gasteiger partial charge in [0.05, 0.1) is 9.95 Å². The van der Waals surface area contributed by atoms with Crippen molar-refractivity contribution in [3.05, 3.63) is 57.7 Å². The van der Waals surface area contributed by atoms with Crippen LogP contribution in [-0.2, 0) is 4.79 Å². The summed E-state index contributed by atoms with van der Waals surface area (Å²) in [6.07, 6.45) is 1.24. The molecule has 0 radical (unpaired) electrons. The summed E-state index contributed by atoms with van der Waals surface area (Å²) in [6.45, 7) is 2.19. The second kappa shape index (κ2) is 8.01. The lowest BCUT2D eigenvalue weighted by Gasteiger charge is -2.35. The number of nitro groups is 1. The van der Waals surface area contributed by atoms with Crippen LogP contribution in [0.4, 0.5) is 11.5 Å². The maximum absolute atomic E-state index is 12.3. The number of hydrogen-bond donors (Lipinski definition) is 0. The van der Waals surface area contributed by atoms with Crippen LogP contribution in [0.5, 0.6) is 5.75 Å². The fourth-order valence-electron chi connectivity index (χ4n) is 2.65. The summed E-state index contributed by atoms with van der Waals surface area (Å²) in [7, 11) is 0. The second-order valence-corrected chi connectivity index (χ2v) is 6.13. The highest BCUT2D eigenvalue weighted by atomic mass is 35.5. The second-order valence-electron chi connectivity index (χ2n) is 5.72. The van der Waals surface area contributed by atoms with Gasteiger partial charge in [-0.2, -0.15) is 0 Å². The molecule has 0 aliphatic carbocycles. The largest absolute Gasteiger partial charge is 0.482 e. The van der Waals surface area contributed by atoms with Gasteiger partial charge in [0.25, 0.3) is 11.6 Å². The molecule has 1 aromatic heterocycles. The summed E-state index contributed by atoms with van der Waals surface area (Å²) in [5.74, 6) is 1.03. The third kappa shape index (κ3) is 4.20. The molecule has 1 aromatic carbocycles. The molecule has 0 saturated carbocycles. The fourth-order valence-corrected chi connectivity index (χ4v) is 2.84. The first kappa shape index (κ1) is 17.9.